The van der Waals surface area contributed by atoms with E-state index in [0.29, 0.717) is 30.8 Å². The summed E-state index contributed by atoms with van der Waals surface area (Å²) in [6, 6.07) is 5.27. The number of aromatic amines is 1. The highest BCUT2D eigenvalue weighted by Crippen LogP contribution is 2.30. The second kappa shape index (κ2) is 5.57. The molecule has 1 saturated heterocycles. The SMILES string of the molecule is Cc1ccc(-c2cc(C(=O)N3CCCC(C)(C(=O)O)C3)n[nH]2)o1. The first-order chi connectivity index (χ1) is 10.9. The number of aliphatic carboxylic acids is 1. The molecule has 0 aliphatic carbocycles. The number of furan rings is 1. The first-order valence-corrected chi connectivity index (χ1v) is 7.54. The van der Waals surface area contributed by atoms with Gasteiger partial charge in [-0.1, -0.05) is 0 Å². The van der Waals surface area contributed by atoms with Crippen molar-refractivity contribution in [1.82, 2.24) is 15.1 Å². The monoisotopic (exact) mass is 317 g/mol. The van der Waals surface area contributed by atoms with Crippen LogP contribution >= 0.6 is 0 Å². The largest absolute Gasteiger partial charge is 0.481 e. The lowest BCUT2D eigenvalue weighted by Crippen LogP contribution is -2.48. The highest BCUT2D eigenvalue weighted by atomic mass is 16.4. The molecule has 1 aliphatic heterocycles. The van der Waals surface area contributed by atoms with Gasteiger partial charge in [0.25, 0.3) is 5.91 Å². The van der Waals surface area contributed by atoms with E-state index >= 15 is 0 Å². The predicted molar refractivity (Wildman–Crippen MR) is 81.9 cm³/mol. The van der Waals surface area contributed by atoms with Gasteiger partial charge >= 0.3 is 5.97 Å². The number of carboxylic acids is 1. The van der Waals surface area contributed by atoms with E-state index in [1.54, 1.807) is 24.0 Å². The van der Waals surface area contributed by atoms with E-state index < -0.39 is 11.4 Å². The molecule has 3 heterocycles. The molecule has 23 heavy (non-hydrogen) atoms. The highest BCUT2D eigenvalue weighted by Gasteiger charge is 2.39. The smallest absolute Gasteiger partial charge is 0.311 e. The summed E-state index contributed by atoms with van der Waals surface area (Å²) in [7, 11) is 0. The second-order valence-electron chi connectivity index (χ2n) is 6.27. The molecule has 0 aromatic carbocycles. The molecule has 0 bridgehead atoms. The molecule has 122 valence electrons. The fourth-order valence-corrected chi connectivity index (χ4v) is 2.89. The zero-order chi connectivity index (χ0) is 16.6. The van der Waals surface area contributed by atoms with E-state index in [-0.39, 0.29) is 18.1 Å². The van der Waals surface area contributed by atoms with Crippen molar-refractivity contribution in [2.75, 3.05) is 13.1 Å². The number of hydrogen-bond acceptors (Lipinski definition) is 4. The third kappa shape index (κ3) is 2.86. The Morgan fingerprint density at radius 2 is 2.22 bits per heavy atom. The molecule has 7 nitrogen and oxygen atoms in total. The number of likely N-dealkylation sites (tertiary alicyclic amines) is 1. The lowest BCUT2D eigenvalue weighted by molar-refractivity contribution is -0.150. The summed E-state index contributed by atoms with van der Waals surface area (Å²) in [6.45, 7) is 4.26. The van der Waals surface area contributed by atoms with E-state index in [1.165, 1.54) is 0 Å². The highest BCUT2D eigenvalue weighted by molar-refractivity contribution is 5.93. The van der Waals surface area contributed by atoms with Gasteiger partial charge < -0.3 is 14.4 Å². The van der Waals surface area contributed by atoms with Gasteiger partial charge in [0.1, 0.15) is 11.5 Å². The predicted octanol–water partition coefficient (Wildman–Crippen LogP) is 2.31. The van der Waals surface area contributed by atoms with Crippen molar-refractivity contribution < 1.29 is 19.1 Å². The van der Waals surface area contributed by atoms with Crippen LogP contribution < -0.4 is 0 Å². The zero-order valence-corrected chi connectivity index (χ0v) is 13.1. The van der Waals surface area contributed by atoms with Gasteiger partial charge in [0.05, 0.1) is 5.41 Å². The third-order valence-corrected chi connectivity index (χ3v) is 4.30. The standard InChI is InChI=1S/C16H19N3O4/c1-10-4-5-13(23-10)11-8-12(18-17-11)14(20)19-7-3-6-16(2,9-19)15(21)22/h4-5,8H,3,6-7,9H2,1-2H3,(H,17,18)(H,21,22). The average molecular weight is 317 g/mol. The molecular weight excluding hydrogens is 298 g/mol. The van der Waals surface area contributed by atoms with Crippen molar-refractivity contribution in [3.63, 3.8) is 0 Å². The van der Waals surface area contributed by atoms with Gasteiger partial charge in [-0.25, -0.2) is 0 Å². The van der Waals surface area contributed by atoms with Gasteiger partial charge in [-0.2, -0.15) is 5.10 Å². The van der Waals surface area contributed by atoms with Crippen molar-refractivity contribution >= 4 is 11.9 Å². The average Bonchev–Trinajstić information content (AvgIpc) is 3.15. The minimum absolute atomic E-state index is 0.198. The summed E-state index contributed by atoms with van der Waals surface area (Å²) in [4.78, 5) is 25.5. The van der Waals surface area contributed by atoms with Crippen molar-refractivity contribution in [2.24, 2.45) is 5.41 Å². The number of carbonyl (C=O) groups is 2. The van der Waals surface area contributed by atoms with Crippen LogP contribution in [-0.4, -0.2) is 45.2 Å². The van der Waals surface area contributed by atoms with Crippen molar-refractivity contribution in [2.45, 2.75) is 26.7 Å². The molecule has 2 aromatic rings. The maximum Gasteiger partial charge on any atom is 0.311 e. The summed E-state index contributed by atoms with van der Waals surface area (Å²) in [5.74, 6) is 0.255. The van der Waals surface area contributed by atoms with Crippen LogP contribution in [0.25, 0.3) is 11.5 Å². The maximum absolute atomic E-state index is 12.6. The van der Waals surface area contributed by atoms with Crippen LogP contribution in [-0.2, 0) is 4.79 Å². The van der Waals surface area contributed by atoms with Crippen LogP contribution in [0.1, 0.15) is 36.0 Å². The number of aryl methyl sites for hydroxylation is 1. The van der Waals surface area contributed by atoms with E-state index in [2.05, 4.69) is 10.2 Å². The van der Waals surface area contributed by atoms with Crippen LogP contribution in [0.15, 0.2) is 22.6 Å². The molecule has 1 fully saturated rings. The molecular formula is C16H19N3O4. The first-order valence-electron chi connectivity index (χ1n) is 7.54. The second-order valence-corrected chi connectivity index (χ2v) is 6.27. The third-order valence-electron chi connectivity index (χ3n) is 4.30. The summed E-state index contributed by atoms with van der Waals surface area (Å²) in [5, 5.41) is 16.2. The van der Waals surface area contributed by atoms with Crippen LogP contribution in [0.5, 0.6) is 0 Å². The number of H-pyrrole nitrogens is 1. The minimum Gasteiger partial charge on any atom is -0.481 e. The normalized spacial score (nSPS) is 21.4. The lowest BCUT2D eigenvalue weighted by Gasteiger charge is -2.37. The minimum atomic E-state index is -0.898. The van der Waals surface area contributed by atoms with Gasteiger partial charge in [0.2, 0.25) is 0 Å². The zero-order valence-electron chi connectivity index (χ0n) is 13.1. The number of hydrogen-bond donors (Lipinski definition) is 2. The fourth-order valence-electron chi connectivity index (χ4n) is 2.89. The molecule has 3 rings (SSSR count). The number of nitrogens with zero attached hydrogens (tertiary/aromatic N) is 2. The fraction of sp³-hybridized carbons (Fsp3) is 0.438. The molecule has 1 atom stereocenters. The summed E-state index contributed by atoms with van der Waals surface area (Å²) >= 11 is 0. The Balaban J connectivity index is 1.78. The topological polar surface area (TPSA) is 99.4 Å². The van der Waals surface area contributed by atoms with E-state index in [1.807, 2.05) is 13.0 Å². The Morgan fingerprint density at radius 1 is 1.43 bits per heavy atom. The number of carboxylic acid groups (broad SMARTS) is 1. The van der Waals surface area contributed by atoms with Crippen molar-refractivity contribution in [3.05, 3.63) is 29.7 Å². The van der Waals surface area contributed by atoms with Gasteiger partial charge in [-0.3, -0.25) is 14.7 Å². The van der Waals surface area contributed by atoms with Gasteiger partial charge in [-0.05, 0) is 38.8 Å². The van der Waals surface area contributed by atoms with E-state index in [0.717, 1.165) is 5.76 Å². The van der Waals surface area contributed by atoms with Crippen LogP contribution in [0.2, 0.25) is 0 Å². The van der Waals surface area contributed by atoms with Crippen LogP contribution in [0.4, 0.5) is 0 Å². The van der Waals surface area contributed by atoms with Gasteiger partial charge in [0, 0.05) is 19.2 Å². The lowest BCUT2D eigenvalue weighted by atomic mass is 9.82. The summed E-state index contributed by atoms with van der Waals surface area (Å²) < 4.78 is 5.50. The van der Waals surface area contributed by atoms with E-state index in [9.17, 15) is 14.7 Å². The molecule has 2 N–H and O–H groups in total. The Kier molecular flexibility index (Phi) is 3.71. The molecule has 0 spiro atoms. The number of rotatable bonds is 3. The Hall–Kier alpha value is -2.57. The molecule has 0 radical (unpaired) electrons. The van der Waals surface area contributed by atoms with Gasteiger partial charge in [-0.15, -0.1) is 0 Å². The number of nitrogens with one attached hydrogen (secondary N) is 1. The molecule has 1 amide bonds. The number of amides is 1. The Labute approximate surface area is 133 Å². The first kappa shape index (κ1) is 15.3. The quantitative estimate of drug-likeness (QED) is 0.905. The van der Waals surface area contributed by atoms with Crippen LogP contribution in [0.3, 0.4) is 0 Å². The molecule has 1 aliphatic rings. The summed E-state index contributed by atoms with van der Waals surface area (Å²) in [5.41, 5.74) is -0.00584. The number of aromatic nitrogens is 2. The number of piperidine rings is 1. The molecule has 2 aromatic heterocycles. The van der Waals surface area contributed by atoms with Crippen molar-refractivity contribution in [3.8, 4) is 11.5 Å². The number of carbonyl (C=O) groups excluding carboxylic acids is 1. The Morgan fingerprint density at radius 3 is 2.87 bits per heavy atom. The Bertz CT molecular complexity index is 748. The molecule has 7 heteroatoms. The molecule has 0 saturated carbocycles. The molecule has 1 unspecified atom stereocenters. The van der Waals surface area contributed by atoms with Gasteiger partial charge in [0.15, 0.2) is 11.5 Å². The van der Waals surface area contributed by atoms with E-state index in [4.69, 9.17) is 4.42 Å². The maximum atomic E-state index is 12.6. The van der Waals surface area contributed by atoms with Crippen LogP contribution in [0, 0.1) is 12.3 Å². The summed E-state index contributed by atoms with van der Waals surface area (Å²) in [6.07, 6.45) is 1.24. The van der Waals surface area contributed by atoms with Crippen molar-refractivity contribution in [1.29, 1.82) is 0 Å².